The molecule has 0 aromatic heterocycles. The minimum Gasteiger partial charge on any atom is -0.421 e. The van der Waals surface area contributed by atoms with Gasteiger partial charge in [-0.25, -0.2) is 0 Å². The van der Waals surface area contributed by atoms with Crippen LogP contribution < -0.4 is 0 Å². The van der Waals surface area contributed by atoms with Crippen LogP contribution in [0.4, 0.5) is 0 Å². The van der Waals surface area contributed by atoms with Crippen LogP contribution in [-0.2, 0) is 4.65 Å². The van der Waals surface area contributed by atoms with Gasteiger partial charge in [0.2, 0.25) is 0 Å². The molecule has 0 aromatic carbocycles. The molecule has 0 heterocycles. The minimum absolute atomic E-state index is 0.295. The molecule has 0 aromatic rings. The van der Waals surface area contributed by atoms with Crippen molar-refractivity contribution in [3.05, 3.63) is 0 Å². The summed E-state index contributed by atoms with van der Waals surface area (Å²) >= 11 is 0. The molecule has 0 aliphatic rings. The lowest BCUT2D eigenvalue weighted by Gasteiger charge is -2.24. The molecule has 86 valence electrons. The predicted octanol–water partition coefficient (Wildman–Crippen LogP) is 3.69. The molecule has 0 saturated heterocycles. The molecule has 0 saturated carbocycles. The van der Waals surface area contributed by atoms with Crippen LogP contribution in [0.25, 0.3) is 0 Å². The van der Waals surface area contributed by atoms with Gasteiger partial charge in [-0.3, -0.25) is 0 Å². The number of hydrogen-bond donors (Lipinski definition) is 0. The summed E-state index contributed by atoms with van der Waals surface area (Å²) in [5, 5.41) is 0. The van der Waals surface area contributed by atoms with Gasteiger partial charge in [0.1, 0.15) is 13.7 Å². The van der Waals surface area contributed by atoms with Gasteiger partial charge in [-0.2, -0.15) is 0 Å². The van der Waals surface area contributed by atoms with E-state index in [0.717, 1.165) is 12.6 Å². The fourth-order valence-electron chi connectivity index (χ4n) is 1.24. The summed E-state index contributed by atoms with van der Waals surface area (Å²) in [6.45, 7) is 15.6. The summed E-state index contributed by atoms with van der Waals surface area (Å²) in [7, 11) is -1.28. The van der Waals surface area contributed by atoms with Crippen molar-refractivity contribution in [2.45, 2.75) is 65.6 Å². The van der Waals surface area contributed by atoms with Crippen molar-refractivity contribution < 1.29 is 4.65 Å². The maximum absolute atomic E-state index is 5.98. The summed E-state index contributed by atoms with van der Waals surface area (Å²) in [5.74, 6) is 3.29. The van der Waals surface area contributed by atoms with E-state index < -0.39 is 8.07 Å². The van der Waals surface area contributed by atoms with Gasteiger partial charge in [0.05, 0.1) is 0 Å². The minimum atomic E-state index is -1.28. The molecule has 0 radical (unpaired) electrons. The van der Waals surface area contributed by atoms with Crippen LogP contribution in [0.5, 0.6) is 0 Å². The van der Waals surface area contributed by atoms with Crippen LogP contribution in [0.2, 0.25) is 32.3 Å². The highest BCUT2D eigenvalue weighted by molar-refractivity contribution is 6.83. The Morgan fingerprint density at radius 1 is 1.13 bits per heavy atom. The Kier molecular flexibility index (Phi) is 5.69. The molecule has 0 aliphatic heterocycles. The smallest absolute Gasteiger partial charge is 0.294 e. The third kappa shape index (κ3) is 7.70. The Labute approximate surface area is 97.1 Å². The van der Waals surface area contributed by atoms with E-state index in [2.05, 4.69) is 58.8 Å². The lowest BCUT2D eigenvalue weighted by Crippen LogP contribution is -2.32. The molecule has 0 N–H and O–H groups in total. The molecule has 0 fully saturated rings. The molecule has 15 heavy (non-hydrogen) atoms. The first kappa shape index (κ1) is 14.8. The van der Waals surface area contributed by atoms with E-state index in [-0.39, 0.29) is 5.60 Å². The molecular weight excluding hydrogens is 199 g/mol. The predicted molar refractivity (Wildman–Crippen MR) is 73.0 cm³/mol. The zero-order chi connectivity index (χ0) is 12.1. The maximum Gasteiger partial charge on any atom is 0.294 e. The van der Waals surface area contributed by atoms with Gasteiger partial charge in [-0.05, 0) is 13.8 Å². The molecule has 0 aliphatic carbocycles. The van der Waals surface area contributed by atoms with Crippen LogP contribution >= 0.6 is 0 Å². The van der Waals surface area contributed by atoms with Crippen molar-refractivity contribution in [3.8, 4) is 11.5 Å². The van der Waals surface area contributed by atoms with Gasteiger partial charge in [0.15, 0.2) is 0 Å². The second-order valence-corrected chi connectivity index (χ2v) is 10.3. The molecule has 0 rings (SSSR count). The zero-order valence-electron chi connectivity index (χ0n) is 11.4. The quantitative estimate of drug-likeness (QED) is 0.522. The van der Waals surface area contributed by atoms with E-state index in [1.54, 1.807) is 0 Å². The normalized spacial score (nSPS) is 11.9. The molecule has 3 heteroatoms. The van der Waals surface area contributed by atoms with Gasteiger partial charge in [0, 0.05) is 0 Å². The van der Waals surface area contributed by atoms with Crippen LogP contribution in [0, 0.1) is 11.5 Å². The summed E-state index contributed by atoms with van der Waals surface area (Å²) in [4.78, 5) is 0. The van der Waals surface area contributed by atoms with Gasteiger partial charge in [-0.15, -0.1) is 5.54 Å². The third-order valence-corrected chi connectivity index (χ3v) is 2.99. The van der Waals surface area contributed by atoms with Crippen LogP contribution in [-0.4, -0.2) is 20.6 Å². The summed E-state index contributed by atoms with van der Waals surface area (Å²) in [6.07, 6.45) is 2.13. The van der Waals surface area contributed by atoms with E-state index in [9.17, 15) is 0 Å². The van der Waals surface area contributed by atoms with Gasteiger partial charge < -0.3 is 4.65 Å². The zero-order valence-corrected chi connectivity index (χ0v) is 12.4. The topological polar surface area (TPSA) is 9.23 Å². The molecule has 0 unspecified atom stereocenters. The van der Waals surface area contributed by atoms with Crippen molar-refractivity contribution in [3.63, 3.8) is 0 Å². The molecule has 0 amide bonds. The van der Waals surface area contributed by atoms with Crippen LogP contribution in [0.3, 0.4) is 0 Å². The highest BCUT2D eigenvalue weighted by Crippen LogP contribution is 2.14. The van der Waals surface area contributed by atoms with Gasteiger partial charge in [0.25, 0.3) is 6.92 Å². The van der Waals surface area contributed by atoms with E-state index in [1.165, 1.54) is 0 Å². The maximum atomic E-state index is 5.98. The van der Waals surface area contributed by atoms with Crippen molar-refractivity contribution in [1.82, 2.24) is 0 Å². The average molecular weight is 224 g/mol. The Balaban J connectivity index is 4.46. The van der Waals surface area contributed by atoms with Crippen molar-refractivity contribution in [1.29, 1.82) is 0 Å². The Hall–Kier alpha value is -0.198. The fraction of sp³-hybridized carbons (Fsp3) is 0.833. The van der Waals surface area contributed by atoms with E-state index in [0.29, 0.717) is 6.92 Å². The Morgan fingerprint density at radius 2 is 1.60 bits per heavy atom. The molecule has 0 bridgehead atoms. The standard InChI is InChI=1S/C12H25BOSi/c1-8-13(9-2)14-12(3,4)10-11-15(5,6)7/h8-9H2,1-7H3. The lowest BCUT2D eigenvalue weighted by atomic mass is 9.62. The largest absolute Gasteiger partial charge is 0.421 e. The molecule has 1 nitrogen and oxygen atoms in total. The van der Waals surface area contributed by atoms with Crippen LogP contribution in [0.15, 0.2) is 0 Å². The Morgan fingerprint density at radius 3 is 1.93 bits per heavy atom. The van der Waals surface area contributed by atoms with Crippen molar-refractivity contribution >= 4 is 15.0 Å². The third-order valence-electron chi connectivity index (χ3n) is 2.11. The molecule has 0 atom stereocenters. The molecular formula is C12H25BOSi. The first-order valence-corrected chi connectivity index (χ1v) is 9.42. The second-order valence-electron chi connectivity index (χ2n) is 5.57. The lowest BCUT2D eigenvalue weighted by molar-refractivity contribution is 0.170. The van der Waals surface area contributed by atoms with Gasteiger partial charge >= 0.3 is 0 Å². The number of hydrogen-bond acceptors (Lipinski definition) is 1. The van der Waals surface area contributed by atoms with Crippen molar-refractivity contribution in [2.24, 2.45) is 0 Å². The van der Waals surface area contributed by atoms with Gasteiger partial charge in [-0.1, -0.05) is 52.0 Å². The monoisotopic (exact) mass is 224 g/mol. The average Bonchev–Trinajstić information content (AvgIpc) is 2.10. The first-order chi connectivity index (χ1) is 6.70. The number of rotatable bonds is 4. The van der Waals surface area contributed by atoms with E-state index in [1.807, 2.05) is 0 Å². The molecule has 0 spiro atoms. The highest BCUT2D eigenvalue weighted by atomic mass is 28.3. The summed E-state index contributed by atoms with van der Waals surface area (Å²) in [6, 6.07) is 0. The second kappa shape index (κ2) is 5.77. The van der Waals surface area contributed by atoms with Crippen molar-refractivity contribution in [2.75, 3.05) is 0 Å². The fourth-order valence-corrected chi connectivity index (χ4v) is 1.92. The highest BCUT2D eigenvalue weighted by Gasteiger charge is 2.22. The Bertz CT molecular complexity index is 241. The summed E-state index contributed by atoms with van der Waals surface area (Å²) in [5.41, 5.74) is 3.08. The first-order valence-electron chi connectivity index (χ1n) is 5.92. The SMILES string of the molecule is CCB(CC)OC(C)(C)C#C[Si](C)(C)C. The van der Waals surface area contributed by atoms with Crippen LogP contribution in [0.1, 0.15) is 27.7 Å². The van der Waals surface area contributed by atoms with E-state index >= 15 is 0 Å². The van der Waals surface area contributed by atoms with E-state index in [4.69, 9.17) is 4.65 Å². The summed E-state index contributed by atoms with van der Waals surface area (Å²) < 4.78 is 5.98.